The first-order valence-electron chi connectivity index (χ1n) is 4.85. The van der Waals surface area contributed by atoms with E-state index in [2.05, 4.69) is 10.3 Å². The fourth-order valence-electron chi connectivity index (χ4n) is 1.35. The third-order valence-corrected chi connectivity index (χ3v) is 3.08. The first-order valence-corrected chi connectivity index (χ1v) is 5.73. The van der Waals surface area contributed by atoms with Gasteiger partial charge in [0.2, 0.25) is 0 Å². The summed E-state index contributed by atoms with van der Waals surface area (Å²) in [7, 11) is 0. The van der Waals surface area contributed by atoms with Crippen LogP contribution in [0.4, 0.5) is 15.8 Å². The number of benzene rings is 1. The van der Waals surface area contributed by atoms with Crippen molar-refractivity contribution in [2.45, 2.75) is 13.5 Å². The van der Waals surface area contributed by atoms with E-state index in [0.717, 1.165) is 16.4 Å². The summed E-state index contributed by atoms with van der Waals surface area (Å²) < 4.78 is 12.8. The molecule has 2 aromatic rings. The zero-order chi connectivity index (χ0) is 11.5. The smallest absolute Gasteiger partial charge is 0.125 e. The first kappa shape index (κ1) is 10.9. The van der Waals surface area contributed by atoms with Crippen LogP contribution >= 0.6 is 11.3 Å². The van der Waals surface area contributed by atoms with Crippen LogP contribution in [-0.4, -0.2) is 4.98 Å². The standard InChI is InChI=1S/C11H12FN3S/c1-7-6-16-11(15-7)5-14-10-3-2-8(12)4-9(10)13/h2-4,6,14H,5,13H2,1H3. The molecule has 84 valence electrons. The number of aryl methyl sites for hydroxylation is 1. The van der Waals surface area contributed by atoms with Gasteiger partial charge < -0.3 is 11.1 Å². The molecule has 0 spiro atoms. The van der Waals surface area contributed by atoms with Crippen molar-refractivity contribution < 1.29 is 4.39 Å². The molecule has 0 saturated carbocycles. The van der Waals surface area contributed by atoms with Crippen molar-refractivity contribution in [2.75, 3.05) is 11.1 Å². The van der Waals surface area contributed by atoms with Gasteiger partial charge in [-0.05, 0) is 25.1 Å². The minimum Gasteiger partial charge on any atom is -0.397 e. The van der Waals surface area contributed by atoms with E-state index < -0.39 is 0 Å². The van der Waals surface area contributed by atoms with Gasteiger partial charge in [0.25, 0.3) is 0 Å². The molecule has 1 heterocycles. The molecule has 0 saturated heterocycles. The summed E-state index contributed by atoms with van der Waals surface area (Å²) in [5, 5.41) is 6.10. The Morgan fingerprint density at radius 1 is 1.50 bits per heavy atom. The molecule has 2 rings (SSSR count). The average molecular weight is 237 g/mol. The largest absolute Gasteiger partial charge is 0.397 e. The maximum absolute atomic E-state index is 12.8. The average Bonchev–Trinajstić information content (AvgIpc) is 2.63. The van der Waals surface area contributed by atoms with Gasteiger partial charge in [-0.15, -0.1) is 11.3 Å². The fraction of sp³-hybridized carbons (Fsp3) is 0.182. The molecule has 0 aliphatic carbocycles. The van der Waals surface area contributed by atoms with Gasteiger partial charge in [-0.1, -0.05) is 0 Å². The van der Waals surface area contributed by atoms with Crippen LogP contribution in [0.1, 0.15) is 10.7 Å². The molecule has 0 amide bonds. The summed E-state index contributed by atoms with van der Waals surface area (Å²) in [5.74, 6) is -0.326. The normalized spacial score (nSPS) is 10.4. The highest BCUT2D eigenvalue weighted by Gasteiger charge is 2.02. The van der Waals surface area contributed by atoms with Crippen molar-refractivity contribution in [3.8, 4) is 0 Å². The summed E-state index contributed by atoms with van der Waals surface area (Å²) >= 11 is 1.59. The summed E-state index contributed by atoms with van der Waals surface area (Å²) in [4.78, 5) is 4.31. The fourth-order valence-corrected chi connectivity index (χ4v) is 2.06. The lowest BCUT2D eigenvalue weighted by atomic mass is 10.2. The van der Waals surface area contributed by atoms with Crippen LogP contribution in [0, 0.1) is 12.7 Å². The predicted octanol–water partition coefficient (Wildman–Crippen LogP) is 2.78. The van der Waals surface area contributed by atoms with E-state index in [-0.39, 0.29) is 5.82 Å². The van der Waals surface area contributed by atoms with Crippen molar-refractivity contribution >= 4 is 22.7 Å². The number of aromatic nitrogens is 1. The maximum atomic E-state index is 12.8. The molecule has 0 aliphatic rings. The molecule has 1 aromatic carbocycles. The van der Waals surface area contributed by atoms with Crippen LogP contribution in [0.5, 0.6) is 0 Å². The zero-order valence-corrected chi connectivity index (χ0v) is 9.64. The highest BCUT2D eigenvalue weighted by atomic mass is 32.1. The summed E-state index contributed by atoms with van der Waals surface area (Å²) in [6.45, 7) is 2.56. The van der Waals surface area contributed by atoms with Crippen molar-refractivity contribution in [3.05, 3.63) is 40.1 Å². The first-order chi connectivity index (χ1) is 7.65. The van der Waals surface area contributed by atoms with E-state index in [1.54, 1.807) is 17.4 Å². The summed E-state index contributed by atoms with van der Waals surface area (Å²) in [6.07, 6.45) is 0. The highest BCUT2D eigenvalue weighted by Crippen LogP contribution is 2.20. The maximum Gasteiger partial charge on any atom is 0.125 e. The van der Waals surface area contributed by atoms with Gasteiger partial charge in [-0.2, -0.15) is 0 Å². The van der Waals surface area contributed by atoms with Gasteiger partial charge in [0.05, 0.1) is 17.9 Å². The number of nitrogens with one attached hydrogen (secondary N) is 1. The molecule has 0 unspecified atom stereocenters. The van der Waals surface area contributed by atoms with Crippen molar-refractivity contribution in [1.29, 1.82) is 0 Å². The molecular weight excluding hydrogens is 225 g/mol. The minimum atomic E-state index is -0.326. The molecule has 3 nitrogen and oxygen atoms in total. The Bertz CT molecular complexity index is 496. The Morgan fingerprint density at radius 3 is 2.94 bits per heavy atom. The van der Waals surface area contributed by atoms with Gasteiger partial charge in [0, 0.05) is 11.1 Å². The lowest BCUT2D eigenvalue weighted by Gasteiger charge is -2.07. The van der Waals surface area contributed by atoms with Gasteiger partial charge in [-0.3, -0.25) is 0 Å². The molecular formula is C11H12FN3S. The molecule has 5 heteroatoms. The van der Waals surface area contributed by atoms with Gasteiger partial charge in [-0.25, -0.2) is 9.37 Å². The van der Waals surface area contributed by atoms with Gasteiger partial charge in [0.1, 0.15) is 10.8 Å². The van der Waals surface area contributed by atoms with E-state index in [4.69, 9.17) is 5.73 Å². The van der Waals surface area contributed by atoms with E-state index in [0.29, 0.717) is 12.2 Å². The van der Waals surface area contributed by atoms with Gasteiger partial charge in [0.15, 0.2) is 0 Å². The summed E-state index contributed by atoms with van der Waals surface area (Å²) in [5.41, 5.74) is 7.82. The predicted molar refractivity (Wildman–Crippen MR) is 65.0 cm³/mol. The lowest BCUT2D eigenvalue weighted by molar-refractivity contribution is 0.628. The van der Waals surface area contributed by atoms with E-state index in [9.17, 15) is 4.39 Å². The third-order valence-electron chi connectivity index (χ3n) is 2.11. The molecule has 0 fully saturated rings. The number of hydrogen-bond acceptors (Lipinski definition) is 4. The minimum absolute atomic E-state index is 0.326. The van der Waals surface area contributed by atoms with Crippen molar-refractivity contribution in [3.63, 3.8) is 0 Å². The van der Waals surface area contributed by atoms with Crippen LogP contribution in [-0.2, 0) is 6.54 Å². The molecule has 0 bridgehead atoms. The topological polar surface area (TPSA) is 50.9 Å². The van der Waals surface area contributed by atoms with Crippen molar-refractivity contribution in [1.82, 2.24) is 4.98 Å². The number of anilines is 2. The monoisotopic (exact) mass is 237 g/mol. The second-order valence-corrected chi connectivity index (χ2v) is 4.41. The molecule has 0 aliphatic heterocycles. The van der Waals surface area contributed by atoms with Crippen LogP contribution < -0.4 is 11.1 Å². The van der Waals surface area contributed by atoms with Crippen LogP contribution in [0.3, 0.4) is 0 Å². The molecule has 3 N–H and O–H groups in total. The Balaban J connectivity index is 2.04. The van der Waals surface area contributed by atoms with E-state index in [1.165, 1.54) is 12.1 Å². The molecule has 16 heavy (non-hydrogen) atoms. The van der Waals surface area contributed by atoms with Crippen LogP contribution in [0.15, 0.2) is 23.6 Å². The Labute approximate surface area is 97.1 Å². The second-order valence-electron chi connectivity index (χ2n) is 3.47. The van der Waals surface area contributed by atoms with Crippen LogP contribution in [0.2, 0.25) is 0 Å². The number of nitrogens with two attached hydrogens (primary N) is 1. The SMILES string of the molecule is Cc1csc(CNc2ccc(F)cc2N)n1. The number of hydrogen-bond donors (Lipinski definition) is 2. The summed E-state index contributed by atoms with van der Waals surface area (Å²) in [6, 6.07) is 4.31. The van der Waals surface area contributed by atoms with Crippen LogP contribution in [0.25, 0.3) is 0 Å². The Hall–Kier alpha value is -1.62. The number of thiazole rings is 1. The molecule has 0 radical (unpaired) electrons. The Morgan fingerprint density at radius 2 is 2.31 bits per heavy atom. The van der Waals surface area contributed by atoms with E-state index in [1.807, 2.05) is 12.3 Å². The molecule has 1 aromatic heterocycles. The second kappa shape index (κ2) is 4.49. The number of nitrogens with zero attached hydrogens (tertiary/aromatic N) is 1. The quantitative estimate of drug-likeness (QED) is 0.807. The Kier molecular flexibility index (Phi) is 3.05. The lowest BCUT2D eigenvalue weighted by Crippen LogP contribution is -2.02. The van der Waals surface area contributed by atoms with Crippen molar-refractivity contribution in [2.24, 2.45) is 0 Å². The van der Waals surface area contributed by atoms with E-state index >= 15 is 0 Å². The molecule has 0 atom stereocenters. The number of rotatable bonds is 3. The third kappa shape index (κ3) is 2.49. The highest BCUT2D eigenvalue weighted by molar-refractivity contribution is 7.09. The zero-order valence-electron chi connectivity index (χ0n) is 8.83. The van der Waals surface area contributed by atoms with Gasteiger partial charge >= 0.3 is 0 Å². The number of nitrogen functional groups attached to an aromatic ring is 1. The number of halogens is 1.